The van der Waals surface area contributed by atoms with Crippen LogP contribution >= 0.6 is 7.37 Å². The van der Waals surface area contributed by atoms with Crippen molar-refractivity contribution in [3.05, 3.63) is 96.8 Å². The molecule has 0 amide bonds. The molecule has 0 bridgehead atoms. The molecule has 0 fully saturated rings. The second-order valence-corrected chi connectivity index (χ2v) is 9.28. The third-order valence-electron chi connectivity index (χ3n) is 5.01. The highest BCUT2D eigenvalue weighted by Gasteiger charge is 2.38. The molecule has 3 aromatic carbocycles. The van der Waals surface area contributed by atoms with Crippen molar-refractivity contribution in [1.29, 1.82) is 0 Å². The molecule has 0 saturated heterocycles. The van der Waals surface area contributed by atoms with E-state index in [9.17, 15) is 14.8 Å². The van der Waals surface area contributed by atoms with Gasteiger partial charge in [-0.15, -0.1) is 6.58 Å². The molecule has 0 aliphatic carbocycles. The summed E-state index contributed by atoms with van der Waals surface area (Å²) in [5.74, 6) is 0.440. The first kappa shape index (κ1) is 19.1. The molecular weight excluding hydrogens is 383 g/mol. The topological polar surface area (TPSA) is 66.8 Å². The zero-order valence-electron chi connectivity index (χ0n) is 15.8. The van der Waals surface area contributed by atoms with Crippen LogP contribution in [0, 0.1) is 0 Å². The zero-order valence-corrected chi connectivity index (χ0v) is 16.7. The van der Waals surface area contributed by atoms with E-state index < -0.39 is 7.37 Å². The Morgan fingerprint density at radius 3 is 2.48 bits per heavy atom. The van der Waals surface area contributed by atoms with E-state index in [-0.39, 0.29) is 17.9 Å². The van der Waals surface area contributed by atoms with Crippen LogP contribution in [0.4, 0.5) is 0 Å². The molecule has 0 spiro atoms. The second kappa shape index (κ2) is 7.31. The summed E-state index contributed by atoms with van der Waals surface area (Å²) in [4.78, 5) is 0. The molecule has 1 aliphatic rings. The van der Waals surface area contributed by atoms with Crippen LogP contribution < -0.4 is 15.1 Å². The van der Waals surface area contributed by atoms with Crippen LogP contribution in [0.2, 0.25) is 0 Å². The molecule has 1 heterocycles. The first-order valence-electron chi connectivity index (χ1n) is 9.25. The molecule has 2 N–H and O–H groups in total. The highest BCUT2D eigenvalue weighted by Crippen LogP contribution is 2.54. The van der Waals surface area contributed by atoms with E-state index in [4.69, 9.17) is 4.52 Å². The summed E-state index contributed by atoms with van der Waals surface area (Å²) in [7, 11) is -3.50. The van der Waals surface area contributed by atoms with Crippen LogP contribution in [0.25, 0.3) is 11.1 Å². The average Bonchev–Trinajstić information content (AvgIpc) is 2.70. The molecule has 5 heteroatoms. The fraction of sp³-hybridized carbons (Fsp3) is 0.0833. The Morgan fingerprint density at radius 1 is 1.07 bits per heavy atom. The number of aliphatic hydroxyl groups is 1. The average molecular weight is 404 g/mol. The molecule has 29 heavy (non-hydrogen) atoms. The fourth-order valence-corrected chi connectivity index (χ4v) is 6.05. The van der Waals surface area contributed by atoms with Gasteiger partial charge in [0, 0.05) is 17.5 Å². The summed E-state index contributed by atoms with van der Waals surface area (Å²) in [6.07, 6.45) is 2.26. The van der Waals surface area contributed by atoms with Gasteiger partial charge in [-0.05, 0) is 41.8 Å². The van der Waals surface area contributed by atoms with Crippen LogP contribution in [0.3, 0.4) is 0 Å². The van der Waals surface area contributed by atoms with E-state index >= 15 is 0 Å². The van der Waals surface area contributed by atoms with E-state index in [1.807, 2.05) is 36.4 Å². The van der Waals surface area contributed by atoms with Gasteiger partial charge in [-0.1, -0.05) is 49.1 Å². The maximum absolute atomic E-state index is 14.2. The van der Waals surface area contributed by atoms with Crippen LogP contribution in [0.1, 0.15) is 11.1 Å². The maximum Gasteiger partial charge on any atom is 0.307 e. The predicted octanol–water partition coefficient (Wildman–Crippen LogP) is 5.02. The Morgan fingerprint density at radius 2 is 1.76 bits per heavy atom. The lowest BCUT2D eigenvalue weighted by Gasteiger charge is -2.29. The molecule has 4 nitrogen and oxygen atoms in total. The van der Waals surface area contributed by atoms with Crippen LogP contribution in [-0.4, -0.2) is 10.2 Å². The SMILES string of the molecule is C=CCc1cc(P2(=O)Oc3ccccc3-c3ccccc32)cc(O)c1CC(=C)O. The number of phenolic OH excluding ortho intramolecular Hbond substituents is 1. The van der Waals surface area contributed by atoms with E-state index in [1.54, 1.807) is 24.3 Å². The number of allylic oxidation sites excluding steroid dienone is 2. The molecule has 1 aliphatic heterocycles. The van der Waals surface area contributed by atoms with Gasteiger partial charge in [-0.3, -0.25) is 4.57 Å². The lowest BCUT2D eigenvalue weighted by Crippen LogP contribution is -2.25. The number of aromatic hydroxyl groups is 1. The van der Waals surface area contributed by atoms with Gasteiger partial charge in [-0.2, -0.15) is 0 Å². The number of hydrogen-bond donors (Lipinski definition) is 2. The Labute approximate surface area is 169 Å². The van der Waals surface area contributed by atoms with Gasteiger partial charge in [0.2, 0.25) is 0 Å². The lowest BCUT2D eigenvalue weighted by molar-refractivity contribution is 0.396. The Hall–Kier alpha value is -3.23. The fourth-order valence-electron chi connectivity index (χ4n) is 3.72. The summed E-state index contributed by atoms with van der Waals surface area (Å²) in [5.41, 5.74) is 3.01. The summed E-state index contributed by atoms with van der Waals surface area (Å²) >= 11 is 0. The zero-order chi connectivity index (χ0) is 20.6. The highest BCUT2D eigenvalue weighted by atomic mass is 31.2. The molecule has 4 rings (SSSR count). The molecule has 0 saturated carbocycles. The first-order valence-corrected chi connectivity index (χ1v) is 10.9. The summed E-state index contributed by atoms with van der Waals surface area (Å²) in [5, 5.41) is 21.3. The van der Waals surface area contributed by atoms with E-state index in [2.05, 4.69) is 13.2 Å². The standard InChI is InChI=1S/C24H21O4P/c1-3-8-17-14-18(15-22(26)21(17)13-16(2)25)29(27)24-12-7-5-10-20(24)19-9-4-6-11-23(19)28-29/h3-7,9-12,14-15,25-26H,1-2,8,13H2. The minimum atomic E-state index is -3.50. The predicted molar refractivity (Wildman–Crippen MR) is 117 cm³/mol. The van der Waals surface area contributed by atoms with Crippen molar-refractivity contribution in [1.82, 2.24) is 0 Å². The van der Waals surface area contributed by atoms with Gasteiger partial charge in [0.25, 0.3) is 0 Å². The van der Waals surface area contributed by atoms with Gasteiger partial charge >= 0.3 is 7.37 Å². The monoisotopic (exact) mass is 404 g/mol. The number of fused-ring (bicyclic) bond motifs is 3. The summed E-state index contributed by atoms with van der Waals surface area (Å²) in [6.45, 7) is 7.28. The van der Waals surface area contributed by atoms with Gasteiger partial charge in [0.15, 0.2) is 0 Å². The summed E-state index contributed by atoms with van der Waals surface area (Å²) in [6, 6.07) is 18.2. The van der Waals surface area contributed by atoms with E-state index in [0.29, 0.717) is 28.3 Å². The van der Waals surface area contributed by atoms with E-state index in [0.717, 1.165) is 16.7 Å². The Balaban J connectivity index is 1.94. The number of benzene rings is 3. The third-order valence-corrected chi connectivity index (χ3v) is 7.43. The van der Waals surface area contributed by atoms with Crippen LogP contribution in [0.15, 0.2) is 85.7 Å². The molecule has 1 unspecified atom stereocenters. The van der Waals surface area contributed by atoms with Gasteiger partial charge < -0.3 is 14.7 Å². The molecule has 0 radical (unpaired) electrons. The minimum Gasteiger partial charge on any atom is -0.513 e. The van der Waals surface area contributed by atoms with Crippen molar-refractivity contribution >= 4 is 18.0 Å². The largest absolute Gasteiger partial charge is 0.513 e. The van der Waals surface area contributed by atoms with Gasteiger partial charge in [-0.25, -0.2) is 0 Å². The number of para-hydroxylation sites is 1. The Bertz CT molecular complexity index is 1180. The van der Waals surface area contributed by atoms with Crippen molar-refractivity contribution in [2.75, 3.05) is 0 Å². The Kier molecular flexibility index (Phi) is 4.81. The van der Waals surface area contributed by atoms with E-state index in [1.165, 1.54) is 6.07 Å². The highest BCUT2D eigenvalue weighted by molar-refractivity contribution is 7.75. The van der Waals surface area contributed by atoms with Crippen molar-refractivity contribution in [3.63, 3.8) is 0 Å². The maximum atomic E-state index is 14.2. The second-order valence-electron chi connectivity index (χ2n) is 6.99. The minimum absolute atomic E-state index is 0.0512. The molecule has 0 aromatic heterocycles. The molecular formula is C24H21O4P. The summed E-state index contributed by atoms with van der Waals surface area (Å²) < 4.78 is 20.3. The smallest absolute Gasteiger partial charge is 0.307 e. The first-order chi connectivity index (χ1) is 13.9. The lowest BCUT2D eigenvalue weighted by atomic mass is 10.00. The van der Waals surface area contributed by atoms with Gasteiger partial charge in [0.1, 0.15) is 11.5 Å². The van der Waals surface area contributed by atoms with Gasteiger partial charge in [0.05, 0.1) is 16.4 Å². The molecule has 1 atom stereocenters. The molecule has 3 aromatic rings. The van der Waals surface area contributed by atoms with Crippen LogP contribution in [0.5, 0.6) is 11.5 Å². The third kappa shape index (κ3) is 3.26. The molecule has 146 valence electrons. The van der Waals surface area contributed by atoms with Crippen molar-refractivity contribution in [2.45, 2.75) is 12.8 Å². The van der Waals surface area contributed by atoms with Crippen LogP contribution in [-0.2, 0) is 17.4 Å². The van der Waals surface area contributed by atoms with Crippen molar-refractivity contribution < 1.29 is 19.3 Å². The number of rotatable bonds is 5. The number of phenols is 1. The normalized spacial score (nSPS) is 17.0. The van der Waals surface area contributed by atoms with Crippen molar-refractivity contribution in [2.24, 2.45) is 0 Å². The number of aliphatic hydroxyl groups excluding tert-OH is 1. The number of hydrogen-bond acceptors (Lipinski definition) is 4. The van der Waals surface area contributed by atoms with Crippen molar-refractivity contribution in [3.8, 4) is 22.6 Å². The quantitative estimate of drug-likeness (QED) is 0.356.